The molecule has 1 rings (SSSR count). The van der Waals surface area contributed by atoms with Crippen LogP contribution in [-0.2, 0) is 0 Å². The fraction of sp³-hybridized carbons (Fsp3) is 0.778. The third-order valence-electron chi connectivity index (χ3n) is 2.34. The van der Waals surface area contributed by atoms with E-state index in [4.69, 9.17) is 4.42 Å². The zero-order valence-electron chi connectivity index (χ0n) is 8.99. The second kappa shape index (κ2) is 5.36. The summed E-state index contributed by atoms with van der Waals surface area (Å²) in [5, 5.41) is 8.61. The van der Waals surface area contributed by atoms with Gasteiger partial charge in [0.1, 0.15) is 0 Å². The number of hydrogen-bond acceptors (Lipinski definition) is 4. The number of aromatic nitrogens is 2. The highest BCUT2D eigenvalue weighted by Gasteiger charge is 2.23. The van der Waals surface area contributed by atoms with E-state index in [1.54, 1.807) is 11.8 Å². The Bertz CT molecular complexity index is 277. The molecule has 1 heterocycles. The van der Waals surface area contributed by atoms with Crippen LogP contribution in [0.3, 0.4) is 0 Å². The first-order chi connectivity index (χ1) is 6.69. The predicted molar refractivity (Wildman–Crippen MR) is 55.8 cm³/mol. The Balaban J connectivity index is 2.65. The van der Waals surface area contributed by atoms with E-state index in [9.17, 15) is 0 Å². The molecule has 0 amide bonds. The van der Waals surface area contributed by atoms with Crippen molar-refractivity contribution in [2.75, 3.05) is 5.75 Å². The van der Waals surface area contributed by atoms with Crippen molar-refractivity contribution in [3.63, 3.8) is 0 Å². The number of hydrogen-bond donors (Lipinski definition) is 1. The van der Waals surface area contributed by atoms with E-state index >= 15 is 0 Å². The predicted octanol–water partition coefficient (Wildman–Crippen LogP) is 1.51. The summed E-state index contributed by atoms with van der Waals surface area (Å²) in [4.78, 5) is 0. The lowest BCUT2D eigenvalue weighted by molar-refractivity contribution is -0.444. The highest BCUT2D eigenvalue weighted by molar-refractivity contribution is 7.99. The van der Waals surface area contributed by atoms with Crippen molar-refractivity contribution in [3.05, 3.63) is 5.89 Å². The average Bonchev–Trinajstić information content (AvgIpc) is 2.64. The molecule has 4 nitrogen and oxygen atoms in total. The summed E-state index contributed by atoms with van der Waals surface area (Å²) in [6.45, 7) is 6.35. The molecule has 0 spiro atoms. The summed E-state index contributed by atoms with van der Waals surface area (Å²) < 4.78 is 5.49. The van der Waals surface area contributed by atoms with Crippen LogP contribution in [0.25, 0.3) is 0 Å². The van der Waals surface area contributed by atoms with Crippen LogP contribution < -0.4 is 5.73 Å². The number of thioether (sulfide) groups is 1. The van der Waals surface area contributed by atoms with E-state index in [-0.39, 0.29) is 6.04 Å². The third-order valence-corrected chi connectivity index (χ3v) is 3.04. The van der Waals surface area contributed by atoms with Gasteiger partial charge in [-0.1, -0.05) is 32.5 Å². The molecule has 0 saturated heterocycles. The minimum Gasteiger partial charge on any atom is -0.410 e. The Labute approximate surface area is 88.7 Å². The van der Waals surface area contributed by atoms with E-state index in [2.05, 4.69) is 36.7 Å². The fourth-order valence-electron chi connectivity index (χ4n) is 1.08. The monoisotopic (exact) mass is 216 g/mol. The molecule has 0 aliphatic rings. The van der Waals surface area contributed by atoms with Gasteiger partial charge in [0, 0.05) is 5.92 Å². The third kappa shape index (κ3) is 2.72. The summed E-state index contributed by atoms with van der Waals surface area (Å²) in [5.41, 5.74) is 4.05. The minimum atomic E-state index is 0.110. The summed E-state index contributed by atoms with van der Waals surface area (Å²) in [6, 6.07) is 0.110. The molecule has 0 fully saturated rings. The van der Waals surface area contributed by atoms with Crippen molar-refractivity contribution in [2.24, 2.45) is 5.92 Å². The lowest BCUT2D eigenvalue weighted by atomic mass is 10.0. The highest BCUT2D eigenvalue weighted by atomic mass is 32.2. The van der Waals surface area contributed by atoms with E-state index < -0.39 is 0 Å². The molecular weight excluding hydrogens is 198 g/mol. The Kier molecular flexibility index (Phi) is 4.41. The molecule has 1 aromatic rings. The molecule has 5 heteroatoms. The maximum absolute atomic E-state index is 5.49. The second-order valence-corrected chi connectivity index (χ2v) is 4.55. The molecule has 14 heavy (non-hydrogen) atoms. The maximum atomic E-state index is 5.49. The van der Waals surface area contributed by atoms with Gasteiger partial charge in [-0.2, -0.15) is 0 Å². The average molecular weight is 216 g/mol. The van der Waals surface area contributed by atoms with Gasteiger partial charge in [-0.15, -0.1) is 10.2 Å². The minimum absolute atomic E-state index is 0.110. The van der Waals surface area contributed by atoms with Gasteiger partial charge in [0.2, 0.25) is 0 Å². The van der Waals surface area contributed by atoms with Gasteiger partial charge >= 0.3 is 0 Å². The maximum Gasteiger partial charge on any atom is 0.276 e. The molecule has 0 bridgehead atoms. The second-order valence-electron chi connectivity index (χ2n) is 3.33. The Hall–Kier alpha value is -0.550. The molecule has 0 radical (unpaired) electrons. The van der Waals surface area contributed by atoms with Crippen molar-refractivity contribution in [1.29, 1.82) is 0 Å². The van der Waals surface area contributed by atoms with Crippen molar-refractivity contribution in [3.8, 4) is 0 Å². The normalized spacial score (nSPS) is 15.4. The first-order valence-electron chi connectivity index (χ1n) is 4.98. The fourth-order valence-corrected chi connectivity index (χ4v) is 1.57. The van der Waals surface area contributed by atoms with Crippen LogP contribution in [0.15, 0.2) is 9.64 Å². The summed E-state index contributed by atoms with van der Waals surface area (Å²) in [7, 11) is 0. The van der Waals surface area contributed by atoms with Crippen LogP contribution >= 0.6 is 11.8 Å². The Morgan fingerprint density at radius 2 is 2.14 bits per heavy atom. The van der Waals surface area contributed by atoms with Gasteiger partial charge in [0.05, 0.1) is 0 Å². The van der Waals surface area contributed by atoms with Crippen molar-refractivity contribution >= 4 is 11.8 Å². The van der Waals surface area contributed by atoms with E-state index in [0.717, 1.165) is 12.2 Å². The number of quaternary nitrogens is 1. The van der Waals surface area contributed by atoms with Gasteiger partial charge in [-0.3, -0.25) is 0 Å². The van der Waals surface area contributed by atoms with Crippen LogP contribution in [0.1, 0.15) is 39.1 Å². The van der Waals surface area contributed by atoms with E-state index in [1.165, 1.54) is 0 Å². The summed E-state index contributed by atoms with van der Waals surface area (Å²) in [6.07, 6.45) is 1.08. The van der Waals surface area contributed by atoms with Gasteiger partial charge in [-0.25, -0.2) is 0 Å². The van der Waals surface area contributed by atoms with Crippen LogP contribution in [0, 0.1) is 5.92 Å². The molecule has 0 saturated carbocycles. The Morgan fingerprint density at radius 3 is 2.71 bits per heavy atom. The first-order valence-corrected chi connectivity index (χ1v) is 5.96. The van der Waals surface area contributed by atoms with Crippen LogP contribution in [0.5, 0.6) is 0 Å². The SMILES string of the molecule is CCSc1nnc([C@@H]([NH3+])[C@@H](C)CC)o1. The lowest BCUT2D eigenvalue weighted by Gasteiger charge is -2.09. The molecule has 3 N–H and O–H groups in total. The topological polar surface area (TPSA) is 66.6 Å². The molecule has 2 atom stereocenters. The summed E-state index contributed by atoms with van der Waals surface area (Å²) in [5.74, 6) is 2.09. The largest absolute Gasteiger partial charge is 0.410 e. The Morgan fingerprint density at radius 1 is 1.43 bits per heavy atom. The molecular formula is C9H18N3OS+. The number of rotatable bonds is 5. The first kappa shape index (κ1) is 11.5. The summed E-state index contributed by atoms with van der Waals surface area (Å²) >= 11 is 1.56. The zero-order valence-corrected chi connectivity index (χ0v) is 9.80. The van der Waals surface area contributed by atoms with Gasteiger partial charge in [-0.05, 0) is 12.2 Å². The van der Waals surface area contributed by atoms with Gasteiger partial charge in [0.25, 0.3) is 11.1 Å². The van der Waals surface area contributed by atoms with Crippen LogP contribution in [-0.4, -0.2) is 16.0 Å². The molecule has 0 unspecified atom stereocenters. The standard InChI is InChI=1S/C9H17N3OS/c1-4-6(3)7(10)8-11-12-9(13-8)14-5-2/h6-7H,4-5,10H2,1-3H3/p+1/t6-,7-/m0/s1. The zero-order chi connectivity index (χ0) is 10.6. The van der Waals surface area contributed by atoms with E-state index in [0.29, 0.717) is 17.0 Å². The van der Waals surface area contributed by atoms with Crippen LogP contribution in [0.4, 0.5) is 0 Å². The van der Waals surface area contributed by atoms with Gasteiger partial charge in [0.15, 0.2) is 6.04 Å². The molecule has 80 valence electrons. The quantitative estimate of drug-likeness (QED) is 0.758. The van der Waals surface area contributed by atoms with Gasteiger partial charge < -0.3 is 10.2 Å². The van der Waals surface area contributed by atoms with Crippen LogP contribution in [0.2, 0.25) is 0 Å². The highest BCUT2D eigenvalue weighted by Crippen LogP contribution is 2.22. The number of nitrogens with zero attached hydrogens (tertiary/aromatic N) is 2. The lowest BCUT2D eigenvalue weighted by Crippen LogP contribution is -2.56. The molecule has 1 aromatic heterocycles. The van der Waals surface area contributed by atoms with E-state index in [1.807, 2.05) is 0 Å². The molecule has 0 aliphatic heterocycles. The molecule has 0 aromatic carbocycles. The molecule has 0 aliphatic carbocycles. The van der Waals surface area contributed by atoms with Crippen molar-refractivity contribution < 1.29 is 10.2 Å². The van der Waals surface area contributed by atoms with Crippen molar-refractivity contribution in [2.45, 2.75) is 38.5 Å². The van der Waals surface area contributed by atoms with Crippen molar-refractivity contribution in [1.82, 2.24) is 10.2 Å². The smallest absolute Gasteiger partial charge is 0.276 e.